The van der Waals surface area contributed by atoms with E-state index in [0.29, 0.717) is 12.5 Å². The van der Waals surface area contributed by atoms with E-state index in [2.05, 4.69) is 72.6 Å². The molecule has 1 aliphatic carbocycles. The minimum Gasteiger partial charge on any atom is -0.411 e. The number of aryl methyl sites for hydroxylation is 1. The molecule has 1 fully saturated rings. The van der Waals surface area contributed by atoms with Gasteiger partial charge in [0.15, 0.2) is 14.0 Å². The van der Waals surface area contributed by atoms with Crippen LogP contribution in [-0.4, -0.2) is 32.6 Å². The molecule has 6 nitrogen and oxygen atoms in total. The number of rotatable bonds is 5. The molecule has 3 aromatic heterocycles. The molecule has 0 unspecified atom stereocenters. The van der Waals surface area contributed by atoms with Crippen LogP contribution in [0, 0.1) is 0 Å². The Morgan fingerprint density at radius 1 is 1.21 bits per heavy atom. The van der Waals surface area contributed by atoms with Crippen molar-refractivity contribution < 1.29 is 4.43 Å². The summed E-state index contributed by atoms with van der Waals surface area (Å²) < 4.78 is 11.5. The minimum absolute atomic E-state index is 0.146. The molecule has 1 aliphatic rings. The van der Waals surface area contributed by atoms with E-state index in [4.69, 9.17) is 14.4 Å². The number of pyridine rings is 1. The van der Waals surface area contributed by atoms with Gasteiger partial charge in [-0.25, -0.2) is 9.97 Å². The lowest BCUT2D eigenvalue weighted by Crippen LogP contribution is -2.40. The first kappa shape index (κ1) is 20.7. The van der Waals surface area contributed by atoms with Crippen LogP contribution in [0.25, 0.3) is 22.4 Å². The Labute approximate surface area is 181 Å². The Hall–Kier alpha value is -1.51. The lowest BCUT2D eigenvalue weighted by atomic mass is 10.1. The van der Waals surface area contributed by atoms with Crippen LogP contribution in [0.5, 0.6) is 0 Å². The van der Waals surface area contributed by atoms with Crippen LogP contribution in [0.2, 0.25) is 18.1 Å². The summed E-state index contributed by atoms with van der Waals surface area (Å²) in [6, 6.07) is 2.16. The molecule has 3 aromatic rings. The number of halogens is 1. The molecule has 0 aromatic carbocycles. The summed E-state index contributed by atoms with van der Waals surface area (Å²) in [7, 11) is 2.13. The van der Waals surface area contributed by atoms with Crippen molar-refractivity contribution in [1.82, 2.24) is 24.3 Å². The highest BCUT2D eigenvalue weighted by Gasteiger charge is 2.37. The van der Waals surface area contributed by atoms with Crippen molar-refractivity contribution in [3.63, 3.8) is 0 Å². The van der Waals surface area contributed by atoms with Gasteiger partial charge in [0.05, 0.1) is 18.0 Å². The molecule has 0 spiro atoms. The lowest BCUT2D eigenvalue weighted by molar-refractivity contribution is 0.273. The van der Waals surface area contributed by atoms with E-state index in [9.17, 15) is 0 Å². The molecule has 0 bridgehead atoms. The first-order chi connectivity index (χ1) is 13.5. The third-order valence-electron chi connectivity index (χ3n) is 6.36. The largest absolute Gasteiger partial charge is 0.411 e. The van der Waals surface area contributed by atoms with Gasteiger partial charge in [-0.2, -0.15) is 5.10 Å². The predicted octanol–water partition coefficient (Wildman–Crippen LogP) is 5.53. The topological polar surface area (TPSA) is 57.8 Å². The maximum absolute atomic E-state index is 6.53. The normalized spacial score (nSPS) is 15.4. The van der Waals surface area contributed by atoms with Crippen molar-refractivity contribution in [1.29, 1.82) is 0 Å². The van der Waals surface area contributed by atoms with E-state index < -0.39 is 8.32 Å². The fraction of sp³-hybridized carbons (Fsp3) is 0.571. The van der Waals surface area contributed by atoms with E-state index in [0.717, 1.165) is 32.7 Å². The van der Waals surface area contributed by atoms with Gasteiger partial charge >= 0.3 is 0 Å². The van der Waals surface area contributed by atoms with Crippen LogP contribution in [-0.2, 0) is 25.1 Å². The second kappa shape index (κ2) is 7.03. The van der Waals surface area contributed by atoms with E-state index in [1.54, 1.807) is 0 Å². The van der Waals surface area contributed by atoms with Gasteiger partial charge in [-0.3, -0.25) is 4.68 Å². The maximum Gasteiger partial charge on any atom is 0.192 e. The van der Waals surface area contributed by atoms with Gasteiger partial charge in [0.2, 0.25) is 0 Å². The zero-order valence-corrected chi connectivity index (χ0v) is 21.0. The summed E-state index contributed by atoms with van der Waals surface area (Å²) in [4.78, 5) is 9.77. The third-order valence-corrected chi connectivity index (χ3v) is 11.4. The summed E-state index contributed by atoms with van der Waals surface area (Å²) in [6.45, 7) is 11.8. The van der Waals surface area contributed by atoms with Crippen LogP contribution in [0.4, 0.5) is 0 Å². The molecule has 0 amide bonds. The van der Waals surface area contributed by atoms with Crippen LogP contribution >= 0.6 is 15.9 Å². The molecule has 156 valence electrons. The molecule has 29 heavy (non-hydrogen) atoms. The summed E-state index contributed by atoms with van der Waals surface area (Å²) in [5.41, 5.74) is 3.96. The molecule has 0 aliphatic heterocycles. The highest BCUT2D eigenvalue weighted by atomic mass is 79.9. The standard InChI is InChI=1S/C21H30BrN5OSi/c1-21(2,3)29(6,7)28-12-16-15(10-14-11-26(4)25-19(14)23-16)20-24-18(22)17(27(20)5)13-8-9-13/h10-11,13H,8-9,12H2,1-7H3. The molecular formula is C21H30BrN5OSi. The molecule has 4 rings (SSSR count). The summed E-state index contributed by atoms with van der Waals surface area (Å²) in [5.74, 6) is 1.54. The van der Waals surface area contributed by atoms with Gasteiger partial charge < -0.3 is 8.99 Å². The number of imidazole rings is 1. The quantitative estimate of drug-likeness (QED) is 0.455. The van der Waals surface area contributed by atoms with Crippen LogP contribution in [0.3, 0.4) is 0 Å². The first-order valence-corrected chi connectivity index (χ1v) is 13.9. The highest BCUT2D eigenvalue weighted by molar-refractivity contribution is 9.10. The van der Waals surface area contributed by atoms with Gasteiger partial charge in [0.1, 0.15) is 10.4 Å². The fourth-order valence-corrected chi connectivity index (χ4v) is 5.09. The number of fused-ring (bicyclic) bond motifs is 1. The molecule has 1 saturated carbocycles. The van der Waals surface area contributed by atoms with Gasteiger partial charge in [0.25, 0.3) is 0 Å². The van der Waals surface area contributed by atoms with Crippen LogP contribution in [0.15, 0.2) is 16.9 Å². The monoisotopic (exact) mass is 475 g/mol. The Morgan fingerprint density at radius 2 is 1.90 bits per heavy atom. The third kappa shape index (κ3) is 3.82. The van der Waals surface area contributed by atoms with Crippen molar-refractivity contribution in [2.24, 2.45) is 14.1 Å². The van der Waals surface area contributed by atoms with Crippen LogP contribution < -0.4 is 0 Å². The number of aromatic nitrogens is 5. The summed E-state index contributed by atoms with van der Waals surface area (Å²) >= 11 is 3.69. The van der Waals surface area contributed by atoms with E-state index in [1.165, 1.54) is 18.5 Å². The molecule has 0 N–H and O–H groups in total. The average molecular weight is 476 g/mol. The van der Waals surface area contributed by atoms with Crippen molar-refractivity contribution in [2.75, 3.05) is 0 Å². The van der Waals surface area contributed by atoms with E-state index >= 15 is 0 Å². The SMILES string of the molecule is Cn1cc2cc(-c3nc(Br)c(C4CC4)n3C)c(CO[Si](C)(C)C(C)(C)C)nc2n1. The summed E-state index contributed by atoms with van der Waals surface area (Å²) in [6.07, 6.45) is 4.47. The average Bonchev–Trinajstić information content (AvgIpc) is 3.30. The Morgan fingerprint density at radius 3 is 2.52 bits per heavy atom. The van der Waals surface area contributed by atoms with Crippen molar-refractivity contribution in [2.45, 2.75) is 64.3 Å². The first-order valence-electron chi connectivity index (χ1n) is 10.2. The Kier molecular flexibility index (Phi) is 5.03. The Balaban J connectivity index is 1.80. The molecule has 0 atom stereocenters. The van der Waals surface area contributed by atoms with Gasteiger partial charge in [0, 0.05) is 37.2 Å². The van der Waals surface area contributed by atoms with Crippen molar-refractivity contribution in [3.05, 3.63) is 28.3 Å². The molecule has 0 radical (unpaired) electrons. The zero-order chi connectivity index (χ0) is 21.1. The maximum atomic E-state index is 6.53. The molecule has 3 heterocycles. The summed E-state index contributed by atoms with van der Waals surface area (Å²) in [5, 5.41) is 5.68. The zero-order valence-electron chi connectivity index (χ0n) is 18.4. The second-order valence-corrected chi connectivity index (χ2v) is 15.3. The number of hydrogen-bond acceptors (Lipinski definition) is 4. The fourth-order valence-electron chi connectivity index (χ4n) is 3.40. The Bertz CT molecular complexity index is 1080. The van der Waals surface area contributed by atoms with Crippen molar-refractivity contribution >= 4 is 35.3 Å². The smallest absolute Gasteiger partial charge is 0.192 e. The van der Waals surface area contributed by atoms with Gasteiger partial charge in [-0.15, -0.1) is 0 Å². The van der Waals surface area contributed by atoms with E-state index in [-0.39, 0.29) is 5.04 Å². The minimum atomic E-state index is -1.90. The van der Waals surface area contributed by atoms with Crippen molar-refractivity contribution in [3.8, 4) is 11.4 Å². The predicted molar refractivity (Wildman–Crippen MR) is 122 cm³/mol. The van der Waals surface area contributed by atoms with E-state index in [1.807, 2.05) is 17.9 Å². The van der Waals surface area contributed by atoms with Gasteiger partial charge in [-0.05, 0) is 53.0 Å². The van der Waals surface area contributed by atoms with Gasteiger partial charge in [-0.1, -0.05) is 20.8 Å². The number of hydrogen-bond donors (Lipinski definition) is 0. The van der Waals surface area contributed by atoms with Crippen LogP contribution in [0.1, 0.15) is 50.9 Å². The highest BCUT2D eigenvalue weighted by Crippen LogP contribution is 2.45. The second-order valence-electron chi connectivity index (χ2n) is 9.69. The molecule has 8 heteroatoms. The molecule has 0 saturated heterocycles. The number of nitrogens with zero attached hydrogens (tertiary/aromatic N) is 5. The molecular weight excluding hydrogens is 446 g/mol. The lowest BCUT2D eigenvalue weighted by Gasteiger charge is -2.36.